The van der Waals surface area contributed by atoms with Crippen molar-refractivity contribution in [2.45, 2.75) is 0 Å². The summed E-state index contributed by atoms with van der Waals surface area (Å²) in [6.45, 7) is 0. The molecule has 16 heavy (non-hydrogen) atoms. The predicted octanol–water partition coefficient (Wildman–Crippen LogP) is 2.95. The van der Waals surface area contributed by atoms with Gasteiger partial charge in [0.05, 0.1) is 15.6 Å². The maximum absolute atomic E-state index is 10.6. The predicted molar refractivity (Wildman–Crippen MR) is 63.6 cm³/mol. The van der Waals surface area contributed by atoms with Gasteiger partial charge in [0, 0.05) is 23.1 Å². The number of nitro groups is 1. The molecule has 0 radical (unpaired) electrons. The van der Waals surface area contributed by atoms with Gasteiger partial charge in [-0.1, -0.05) is 11.6 Å². The number of anilines is 1. The van der Waals surface area contributed by atoms with Gasteiger partial charge in [-0.05, 0) is 6.07 Å². The minimum absolute atomic E-state index is 0.0222. The van der Waals surface area contributed by atoms with Crippen LogP contribution in [-0.4, -0.2) is 9.91 Å². The number of thiazole rings is 1. The average molecular weight is 256 g/mol. The molecule has 1 aromatic carbocycles. The quantitative estimate of drug-likeness (QED) is 0.661. The van der Waals surface area contributed by atoms with Gasteiger partial charge in [-0.3, -0.25) is 10.1 Å². The van der Waals surface area contributed by atoms with E-state index in [2.05, 4.69) is 4.98 Å². The summed E-state index contributed by atoms with van der Waals surface area (Å²) in [7, 11) is 0. The molecule has 82 valence electrons. The molecule has 0 aliphatic carbocycles. The van der Waals surface area contributed by atoms with E-state index in [1.807, 2.05) is 0 Å². The van der Waals surface area contributed by atoms with E-state index in [0.717, 1.165) is 0 Å². The molecule has 0 aliphatic rings. The summed E-state index contributed by atoms with van der Waals surface area (Å²) in [5.74, 6) is 0. The Morgan fingerprint density at radius 2 is 2.25 bits per heavy atom. The van der Waals surface area contributed by atoms with Gasteiger partial charge < -0.3 is 5.73 Å². The molecule has 0 atom stereocenters. The lowest BCUT2D eigenvalue weighted by Crippen LogP contribution is -1.89. The number of aromatic nitrogens is 1. The van der Waals surface area contributed by atoms with E-state index < -0.39 is 4.92 Å². The summed E-state index contributed by atoms with van der Waals surface area (Å²) in [5.41, 5.74) is 6.54. The molecule has 0 aliphatic heterocycles. The first-order valence-corrected chi connectivity index (χ1v) is 5.49. The molecule has 0 fully saturated rings. The molecule has 1 aromatic heterocycles. The van der Waals surface area contributed by atoms with Gasteiger partial charge >= 0.3 is 0 Å². The molecule has 0 spiro atoms. The maximum atomic E-state index is 10.6. The molecule has 2 aromatic rings. The normalized spacial score (nSPS) is 10.3. The Hall–Kier alpha value is -1.66. The second-order valence-corrected chi connectivity index (χ2v) is 4.29. The average Bonchev–Trinajstić information content (AvgIpc) is 2.65. The molecule has 0 saturated carbocycles. The van der Waals surface area contributed by atoms with Crippen LogP contribution in [0.5, 0.6) is 0 Å². The molecule has 0 unspecified atom stereocenters. The molecule has 0 saturated heterocycles. The largest absolute Gasteiger partial charge is 0.375 e. The van der Waals surface area contributed by atoms with Crippen molar-refractivity contribution < 1.29 is 4.92 Å². The number of nitro benzene ring substituents is 1. The summed E-state index contributed by atoms with van der Waals surface area (Å²) < 4.78 is 0. The maximum Gasteiger partial charge on any atom is 0.270 e. The Morgan fingerprint density at radius 1 is 1.50 bits per heavy atom. The van der Waals surface area contributed by atoms with Crippen molar-refractivity contribution in [3.05, 3.63) is 38.7 Å². The molecular formula is C9H6ClN3O2S. The van der Waals surface area contributed by atoms with Crippen LogP contribution in [0.1, 0.15) is 0 Å². The monoisotopic (exact) mass is 255 g/mol. The second-order valence-electron chi connectivity index (χ2n) is 2.99. The lowest BCUT2D eigenvalue weighted by Gasteiger charge is -2.00. The lowest BCUT2D eigenvalue weighted by molar-refractivity contribution is -0.384. The van der Waals surface area contributed by atoms with Crippen LogP contribution < -0.4 is 5.73 Å². The molecule has 1 heterocycles. The third-order valence-corrected chi connectivity index (χ3v) is 2.96. The van der Waals surface area contributed by atoms with Crippen LogP contribution in [0.3, 0.4) is 0 Å². The topological polar surface area (TPSA) is 82.0 Å². The van der Waals surface area contributed by atoms with Crippen LogP contribution >= 0.6 is 22.9 Å². The zero-order valence-electron chi connectivity index (χ0n) is 7.88. The number of nitrogen functional groups attached to an aromatic ring is 1. The standard InChI is InChI=1S/C9H6ClN3O2S/c10-7-2-1-5(13(14)15)3-6(7)8-4-16-9(11)12-8/h1-4H,(H2,11,12). The highest BCUT2D eigenvalue weighted by Gasteiger charge is 2.13. The smallest absolute Gasteiger partial charge is 0.270 e. The highest BCUT2D eigenvalue weighted by atomic mass is 35.5. The molecule has 2 N–H and O–H groups in total. The van der Waals surface area contributed by atoms with Gasteiger partial charge in [0.15, 0.2) is 5.13 Å². The van der Waals surface area contributed by atoms with Gasteiger partial charge in [0.25, 0.3) is 5.69 Å². The Labute approximate surface area is 99.6 Å². The fourth-order valence-electron chi connectivity index (χ4n) is 1.23. The zero-order valence-corrected chi connectivity index (χ0v) is 9.46. The first kappa shape index (κ1) is 10.8. The number of non-ortho nitro benzene ring substituents is 1. The summed E-state index contributed by atoms with van der Waals surface area (Å²) in [6, 6.07) is 4.21. The van der Waals surface area contributed by atoms with Crippen molar-refractivity contribution >= 4 is 33.8 Å². The molecule has 7 heteroatoms. The number of hydrogen-bond donors (Lipinski definition) is 1. The summed E-state index contributed by atoms with van der Waals surface area (Å²) in [6.07, 6.45) is 0. The van der Waals surface area contributed by atoms with Crippen molar-refractivity contribution in [3.63, 3.8) is 0 Å². The highest BCUT2D eigenvalue weighted by Crippen LogP contribution is 2.32. The van der Waals surface area contributed by atoms with Crippen molar-refractivity contribution in [1.29, 1.82) is 0 Å². The Bertz CT molecular complexity index is 555. The lowest BCUT2D eigenvalue weighted by atomic mass is 10.1. The van der Waals surface area contributed by atoms with Gasteiger partial charge in [-0.2, -0.15) is 0 Å². The van der Waals surface area contributed by atoms with Crippen molar-refractivity contribution in [2.24, 2.45) is 0 Å². The van der Waals surface area contributed by atoms with Crippen LogP contribution in [0.4, 0.5) is 10.8 Å². The van der Waals surface area contributed by atoms with E-state index in [1.165, 1.54) is 29.5 Å². The first-order valence-electron chi connectivity index (χ1n) is 4.23. The van der Waals surface area contributed by atoms with Gasteiger partial charge in [-0.15, -0.1) is 11.3 Å². The van der Waals surface area contributed by atoms with Crippen LogP contribution in [0.2, 0.25) is 5.02 Å². The summed E-state index contributed by atoms with van der Waals surface area (Å²) in [4.78, 5) is 14.2. The third kappa shape index (κ3) is 1.98. The van der Waals surface area contributed by atoms with E-state index >= 15 is 0 Å². The Kier molecular flexibility index (Phi) is 2.76. The summed E-state index contributed by atoms with van der Waals surface area (Å²) >= 11 is 7.21. The fourth-order valence-corrected chi connectivity index (χ4v) is 2.01. The number of nitrogens with zero attached hydrogens (tertiary/aromatic N) is 2. The van der Waals surface area contributed by atoms with Gasteiger partial charge in [-0.25, -0.2) is 4.98 Å². The molecule has 2 rings (SSSR count). The van der Waals surface area contributed by atoms with Crippen molar-refractivity contribution in [2.75, 3.05) is 5.73 Å². The van der Waals surface area contributed by atoms with E-state index in [1.54, 1.807) is 5.38 Å². The van der Waals surface area contributed by atoms with Crippen LogP contribution in [-0.2, 0) is 0 Å². The van der Waals surface area contributed by atoms with Crippen LogP contribution in [0.15, 0.2) is 23.6 Å². The minimum atomic E-state index is -0.477. The van der Waals surface area contributed by atoms with Crippen molar-refractivity contribution in [3.8, 4) is 11.3 Å². The van der Waals surface area contributed by atoms with Crippen LogP contribution in [0.25, 0.3) is 11.3 Å². The number of nitrogens with two attached hydrogens (primary N) is 1. The van der Waals surface area contributed by atoms with E-state index in [9.17, 15) is 10.1 Å². The third-order valence-electron chi connectivity index (χ3n) is 1.96. The number of hydrogen-bond acceptors (Lipinski definition) is 5. The Morgan fingerprint density at radius 3 is 2.81 bits per heavy atom. The zero-order chi connectivity index (χ0) is 11.7. The number of benzene rings is 1. The minimum Gasteiger partial charge on any atom is -0.375 e. The van der Waals surface area contributed by atoms with E-state index in [-0.39, 0.29) is 5.69 Å². The van der Waals surface area contributed by atoms with Crippen LogP contribution in [0, 0.1) is 10.1 Å². The van der Waals surface area contributed by atoms with Crippen molar-refractivity contribution in [1.82, 2.24) is 4.98 Å². The number of rotatable bonds is 2. The SMILES string of the molecule is Nc1nc(-c2cc([N+](=O)[O-])ccc2Cl)cs1. The fraction of sp³-hybridized carbons (Fsp3) is 0. The molecule has 5 nitrogen and oxygen atoms in total. The summed E-state index contributed by atoms with van der Waals surface area (Å²) in [5, 5.41) is 13.1. The molecular weight excluding hydrogens is 250 g/mol. The van der Waals surface area contributed by atoms with E-state index in [4.69, 9.17) is 17.3 Å². The number of halogens is 1. The molecule has 0 amide bonds. The first-order chi connectivity index (χ1) is 7.58. The van der Waals surface area contributed by atoms with Gasteiger partial charge in [0.2, 0.25) is 0 Å². The highest BCUT2D eigenvalue weighted by molar-refractivity contribution is 7.13. The Balaban J connectivity index is 2.55. The molecule has 0 bridgehead atoms. The van der Waals surface area contributed by atoms with E-state index in [0.29, 0.717) is 21.4 Å². The second kappa shape index (κ2) is 4.07. The van der Waals surface area contributed by atoms with Gasteiger partial charge in [0.1, 0.15) is 0 Å².